The zero-order valence-electron chi connectivity index (χ0n) is 14.3. The number of rotatable bonds is 6. The minimum Gasteiger partial charge on any atom is -0.598 e. The number of nitrogens with zero attached hydrogens (tertiary/aromatic N) is 2. The van der Waals surface area contributed by atoms with Gasteiger partial charge in [0.15, 0.2) is 0 Å². The van der Waals surface area contributed by atoms with Gasteiger partial charge in [-0.3, -0.25) is 9.97 Å². The number of nitrogens with two attached hydrogens (primary N) is 1. The molecule has 2 aromatic heterocycles. The molecule has 0 aliphatic carbocycles. The first-order chi connectivity index (χ1) is 11.4. The second kappa shape index (κ2) is 8.28. The van der Waals surface area contributed by atoms with E-state index in [1.807, 2.05) is 51.1 Å². The third kappa shape index (κ3) is 5.33. The maximum absolute atomic E-state index is 11.9. The van der Waals surface area contributed by atoms with Crippen LogP contribution in [0.4, 0.5) is 5.69 Å². The van der Waals surface area contributed by atoms with Gasteiger partial charge in [0.2, 0.25) is 0 Å². The predicted octanol–water partition coefficient (Wildman–Crippen LogP) is 3.18. The van der Waals surface area contributed by atoms with Crippen LogP contribution in [0.15, 0.2) is 42.9 Å². The zero-order chi connectivity index (χ0) is 17.6. The monoisotopic (exact) mass is 344 g/mol. The molecule has 0 spiro atoms. The summed E-state index contributed by atoms with van der Waals surface area (Å²) in [5.41, 5.74) is 9.43. The van der Waals surface area contributed by atoms with Crippen LogP contribution in [0, 0.1) is 0 Å². The van der Waals surface area contributed by atoms with E-state index in [-0.39, 0.29) is 4.75 Å². The lowest BCUT2D eigenvalue weighted by Gasteiger charge is -2.23. The van der Waals surface area contributed by atoms with Gasteiger partial charge in [0.1, 0.15) is 4.75 Å². The second-order valence-electron chi connectivity index (χ2n) is 6.40. The average molecular weight is 344 g/mol. The Balaban J connectivity index is 1.94. The third-order valence-electron chi connectivity index (χ3n) is 3.33. The Morgan fingerprint density at radius 3 is 2.79 bits per heavy atom. The van der Waals surface area contributed by atoms with Gasteiger partial charge in [-0.15, -0.1) is 4.72 Å². The molecule has 5 nitrogen and oxygen atoms in total. The Morgan fingerprint density at radius 2 is 2.08 bits per heavy atom. The Morgan fingerprint density at radius 1 is 1.29 bits per heavy atom. The number of nitrogens with one attached hydrogen (secondary N) is 1. The average Bonchev–Trinajstić information content (AvgIpc) is 2.54. The number of nitrogen functional groups attached to an aromatic ring is 1. The standard InChI is InChI=1S/C18H24N4OS/c1-18(2,3)24(23)22-9-5-4-6-15-12-14(7-11-21-15)16-8-10-20-13-17(16)19/h4,6-8,10-13,22H,5,9,19H2,1-3H3/t24-/m0/s1. The van der Waals surface area contributed by atoms with Gasteiger partial charge in [0, 0.05) is 35.9 Å². The van der Waals surface area contributed by atoms with Crippen LogP contribution in [0.5, 0.6) is 0 Å². The summed E-state index contributed by atoms with van der Waals surface area (Å²) in [6.07, 6.45) is 9.90. The Hall–Kier alpha value is -1.89. The first kappa shape index (κ1) is 18.4. The molecular weight excluding hydrogens is 320 g/mol. The molecule has 0 aliphatic rings. The third-order valence-corrected chi connectivity index (χ3v) is 4.91. The molecule has 0 aliphatic heterocycles. The minimum atomic E-state index is -1.04. The van der Waals surface area contributed by atoms with E-state index in [9.17, 15) is 4.55 Å². The van der Waals surface area contributed by atoms with E-state index in [0.717, 1.165) is 23.2 Å². The Bertz CT molecular complexity index is 697. The molecule has 0 unspecified atom stereocenters. The lowest BCUT2D eigenvalue weighted by molar-refractivity contribution is 0.545. The summed E-state index contributed by atoms with van der Waals surface area (Å²) in [6, 6.07) is 5.81. The second-order valence-corrected chi connectivity index (χ2v) is 8.45. The van der Waals surface area contributed by atoms with Crippen LogP contribution in [-0.4, -0.2) is 25.8 Å². The summed E-state index contributed by atoms with van der Waals surface area (Å²) in [5.74, 6) is 0. The summed E-state index contributed by atoms with van der Waals surface area (Å²) in [7, 11) is 0. The molecular formula is C18H24N4OS. The van der Waals surface area contributed by atoms with Crippen LogP contribution < -0.4 is 10.5 Å². The first-order valence-electron chi connectivity index (χ1n) is 7.86. The van der Waals surface area contributed by atoms with Gasteiger partial charge < -0.3 is 10.3 Å². The molecule has 6 heteroatoms. The van der Waals surface area contributed by atoms with Crippen molar-refractivity contribution in [2.45, 2.75) is 31.9 Å². The van der Waals surface area contributed by atoms with Crippen LogP contribution in [0.3, 0.4) is 0 Å². The van der Waals surface area contributed by atoms with Gasteiger partial charge in [-0.2, -0.15) is 0 Å². The van der Waals surface area contributed by atoms with Crippen molar-refractivity contribution in [3.05, 3.63) is 48.6 Å². The fourth-order valence-corrected chi connectivity index (χ4v) is 2.77. The fourth-order valence-electron chi connectivity index (χ4n) is 2.03. The van der Waals surface area contributed by atoms with Gasteiger partial charge in [0.25, 0.3) is 0 Å². The lowest BCUT2D eigenvalue weighted by atomic mass is 10.1. The quantitative estimate of drug-likeness (QED) is 0.621. The molecule has 1 atom stereocenters. The molecule has 0 fully saturated rings. The maximum Gasteiger partial charge on any atom is 0.136 e. The number of anilines is 1. The first-order valence-corrected chi connectivity index (χ1v) is 9.01. The SMILES string of the molecule is CC(C)(C)[S@+]([O-])NCCC=Cc1cc(-c2ccncc2N)ccn1. The van der Waals surface area contributed by atoms with E-state index in [2.05, 4.69) is 14.7 Å². The topological polar surface area (TPSA) is 86.9 Å². The van der Waals surface area contributed by atoms with Crippen molar-refractivity contribution >= 4 is 23.1 Å². The van der Waals surface area contributed by atoms with Crippen molar-refractivity contribution < 1.29 is 4.55 Å². The van der Waals surface area contributed by atoms with E-state index < -0.39 is 11.4 Å². The van der Waals surface area contributed by atoms with Crippen LogP contribution in [0.1, 0.15) is 32.9 Å². The number of aromatic nitrogens is 2. The maximum atomic E-state index is 11.9. The van der Waals surface area contributed by atoms with Crippen molar-refractivity contribution in [3.8, 4) is 11.1 Å². The largest absolute Gasteiger partial charge is 0.598 e. The molecule has 24 heavy (non-hydrogen) atoms. The predicted molar refractivity (Wildman–Crippen MR) is 101 cm³/mol. The summed E-state index contributed by atoms with van der Waals surface area (Å²) >= 11 is -1.04. The minimum absolute atomic E-state index is 0.246. The summed E-state index contributed by atoms with van der Waals surface area (Å²) in [4.78, 5) is 8.35. The molecule has 0 amide bonds. The zero-order valence-corrected chi connectivity index (χ0v) is 15.1. The molecule has 0 saturated carbocycles. The molecule has 0 aromatic carbocycles. The normalized spacial score (nSPS) is 13.3. The van der Waals surface area contributed by atoms with Crippen molar-refractivity contribution in [2.75, 3.05) is 12.3 Å². The van der Waals surface area contributed by atoms with Crippen molar-refractivity contribution in [3.63, 3.8) is 0 Å². The molecule has 2 heterocycles. The van der Waals surface area contributed by atoms with Gasteiger partial charge in [-0.05, 0) is 57.0 Å². The molecule has 0 radical (unpaired) electrons. The molecule has 2 aromatic rings. The van der Waals surface area contributed by atoms with Crippen LogP contribution >= 0.6 is 0 Å². The van der Waals surface area contributed by atoms with E-state index >= 15 is 0 Å². The highest BCUT2D eigenvalue weighted by molar-refractivity contribution is 7.90. The molecule has 3 N–H and O–H groups in total. The number of hydrogen-bond donors (Lipinski definition) is 2. The van der Waals surface area contributed by atoms with Gasteiger partial charge in [-0.1, -0.05) is 6.08 Å². The Labute approximate surface area is 146 Å². The summed E-state index contributed by atoms with van der Waals surface area (Å²) in [5, 5.41) is 0. The number of pyridine rings is 2. The highest BCUT2D eigenvalue weighted by Gasteiger charge is 2.25. The molecule has 0 bridgehead atoms. The van der Waals surface area contributed by atoms with Gasteiger partial charge >= 0.3 is 0 Å². The van der Waals surface area contributed by atoms with Gasteiger partial charge in [-0.25, -0.2) is 0 Å². The van der Waals surface area contributed by atoms with Gasteiger partial charge in [0.05, 0.1) is 17.6 Å². The smallest absolute Gasteiger partial charge is 0.136 e. The summed E-state index contributed by atoms with van der Waals surface area (Å²) < 4.78 is 14.7. The van der Waals surface area contributed by atoms with E-state index in [0.29, 0.717) is 12.2 Å². The van der Waals surface area contributed by atoms with E-state index in [1.165, 1.54) is 0 Å². The van der Waals surface area contributed by atoms with E-state index in [1.54, 1.807) is 18.6 Å². The highest BCUT2D eigenvalue weighted by atomic mass is 32.2. The molecule has 0 saturated heterocycles. The highest BCUT2D eigenvalue weighted by Crippen LogP contribution is 2.24. The fraction of sp³-hybridized carbons (Fsp3) is 0.333. The van der Waals surface area contributed by atoms with Crippen molar-refractivity contribution in [1.29, 1.82) is 0 Å². The van der Waals surface area contributed by atoms with Crippen molar-refractivity contribution in [1.82, 2.24) is 14.7 Å². The van der Waals surface area contributed by atoms with Crippen LogP contribution in [-0.2, 0) is 11.4 Å². The van der Waals surface area contributed by atoms with Crippen molar-refractivity contribution in [2.24, 2.45) is 0 Å². The van der Waals surface area contributed by atoms with Crippen LogP contribution in [0.25, 0.3) is 17.2 Å². The van der Waals surface area contributed by atoms with Crippen LogP contribution in [0.2, 0.25) is 0 Å². The van der Waals surface area contributed by atoms with E-state index in [4.69, 9.17) is 5.73 Å². The molecule has 128 valence electrons. The lowest BCUT2D eigenvalue weighted by Crippen LogP contribution is -2.39. The summed E-state index contributed by atoms with van der Waals surface area (Å²) in [6.45, 7) is 6.52. The molecule has 2 rings (SSSR count). The number of hydrogen-bond acceptors (Lipinski definition) is 5. The Kier molecular flexibility index (Phi) is 6.36.